The summed E-state index contributed by atoms with van der Waals surface area (Å²) in [6, 6.07) is 0. The molecule has 1 atom stereocenters. The van der Waals surface area contributed by atoms with Gasteiger partial charge in [-0.05, 0) is 40.7 Å². The Morgan fingerprint density at radius 1 is 1.15 bits per heavy atom. The highest BCUT2D eigenvalue weighted by Crippen LogP contribution is 1.88. The summed E-state index contributed by atoms with van der Waals surface area (Å²) in [6.07, 6.45) is 3.21. The third-order valence-corrected chi connectivity index (χ3v) is 1.25. The van der Waals surface area contributed by atoms with E-state index in [-0.39, 0.29) is 5.92 Å². The van der Waals surface area contributed by atoms with Gasteiger partial charge in [-0.1, -0.05) is 20.4 Å². The van der Waals surface area contributed by atoms with E-state index in [1.807, 2.05) is 67.8 Å². The van der Waals surface area contributed by atoms with Crippen LogP contribution in [-0.4, -0.2) is 90.7 Å². The van der Waals surface area contributed by atoms with Crippen LogP contribution >= 0.6 is 0 Å². The van der Waals surface area contributed by atoms with Crippen LogP contribution in [0.5, 0.6) is 0 Å². The van der Waals surface area contributed by atoms with Crippen molar-refractivity contribution in [2.75, 3.05) is 48.8 Å². The molecule has 0 saturated carbocycles. The molecular weight excluding hydrogens is 334 g/mol. The summed E-state index contributed by atoms with van der Waals surface area (Å²) in [5.74, 6) is 0.171. The summed E-state index contributed by atoms with van der Waals surface area (Å²) in [6.45, 7) is 15.0. The summed E-state index contributed by atoms with van der Waals surface area (Å²) < 4.78 is 1.75. The first-order valence-electron chi connectivity index (χ1n) is 7.99. The van der Waals surface area contributed by atoms with Crippen molar-refractivity contribution in [3.8, 4) is 0 Å². The maximum atomic E-state index is 10.0. The first-order valence-corrected chi connectivity index (χ1v) is 7.99. The van der Waals surface area contributed by atoms with Gasteiger partial charge in [-0.3, -0.25) is 4.79 Å². The third kappa shape index (κ3) is 198. The number of nitrogens with zero attached hydrogens (tertiary/aromatic N) is 2. The lowest BCUT2D eigenvalue weighted by Gasteiger charge is -2.10. The van der Waals surface area contributed by atoms with Crippen molar-refractivity contribution < 1.29 is 23.8 Å². The van der Waals surface area contributed by atoms with Gasteiger partial charge in [0.15, 0.2) is 0 Å². The van der Waals surface area contributed by atoms with Crippen LogP contribution in [0, 0.1) is 5.92 Å². The Balaban J connectivity index is -0.0000000490. The molecule has 7 nitrogen and oxygen atoms in total. The van der Waals surface area contributed by atoms with Crippen LogP contribution in [0.1, 0.15) is 27.2 Å². The molecule has 0 aliphatic carbocycles. The molecule has 0 fully saturated rings. The lowest BCUT2D eigenvalue weighted by molar-refractivity contribution is -0.454. The second-order valence-corrected chi connectivity index (χ2v) is 5.49. The smallest absolute Gasteiger partial charge is 0.145 e. The number of carbonyl (C=O) groups excluding carboxylic acids is 4. The largest absolute Gasteiger partial charge is 0.323 e. The number of rotatable bonds is 5. The van der Waals surface area contributed by atoms with Crippen molar-refractivity contribution >= 4 is 32.4 Å². The molecule has 0 saturated heterocycles. The van der Waals surface area contributed by atoms with E-state index in [9.17, 15) is 14.4 Å². The van der Waals surface area contributed by atoms with Crippen LogP contribution in [0.3, 0.4) is 0 Å². The Labute approximate surface area is 161 Å². The van der Waals surface area contributed by atoms with Gasteiger partial charge < -0.3 is 24.6 Å². The Hall–Kier alpha value is -1.99. The second-order valence-electron chi connectivity index (χ2n) is 5.49. The van der Waals surface area contributed by atoms with Gasteiger partial charge in [0.05, 0.1) is 0 Å². The molecule has 0 aromatic heterocycles. The van der Waals surface area contributed by atoms with Crippen molar-refractivity contribution in [1.82, 2.24) is 10.2 Å². The Morgan fingerprint density at radius 2 is 1.38 bits per heavy atom. The van der Waals surface area contributed by atoms with Gasteiger partial charge in [0, 0.05) is 18.9 Å². The fraction of sp³-hybridized carbons (Fsp3) is 0.632. The van der Waals surface area contributed by atoms with E-state index >= 15 is 0 Å². The minimum absolute atomic E-state index is 0.171. The Morgan fingerprint density at radius 3 is 1.42 bits per heavy atom. The second kappa shape index (κ2) is 43.5. The minimum atomic E-state index is 0.171. The van der Waals surface area contributed by atoms with Crippen LogP contribution in [0.25, 0.3) is 0 Å². The predicted octanol–water partition coefficient (Wildman–Crippen LogP) is 1.35. The van der Waals surface area contributed by atoms with Crippen LogP contribution in [0.4, 0.5) is 0 Å². The van der Waals surface area contributed by atoms with Crippen molar-refractivity contribution in [3.63, 3.8) is 0 Å². The molecule has 1 unspecified atom stereocenters. The Kier molecular flexibility index (Phi) is 65.6. The fourth-order valence-corrected chi connectivity index (χ4v) is 0.619. The lowest BCUT2D eigenvalue weighted by atomic mass is 10.2. The molecule has 7 heteroatoms. The zero-order valence-corrected chi connectivity index (χ0v) is 18.4. The fourth-order valence-electron chi connectivity index (χ4n) is 0.619. The van der Waals surface area contributed by atoms with Gasteiger partial charge in [0.2, 0.25) is 0 Å². The molecule has 0 amide bonds. The van der Waals surface area contributed by atoms with E-state index in [1.54, 1.807) is 11.5 Å². The van der Waals surface area contributed by atoms with Crippen LogP contribution in [0.2, 0.25) is 0 Å². The summed E-state index contributed by atoms with van der Waals surface area (Å²) in [7, 11) is 11.4. The number of hydrogen-bond donors (Lipinski definition) is 1. The van der Waals surface area contributed by atoms with Crippen LogP contribution < -0.4 is 5.32 Å². The first-order chi connectivity index (χ1) is 12.0. The van der Waals surface area contributed by atoms with Crippen LogP contribution in [0.15, 0.2) is 12.2 Å². The van der Waals surface area contributed by atoms with Crippen LogP contribution in [-0.2, 0) is 19.2 Å². The molecule has 0 aliphatic heterocycles. The summed E-state index contributed by atoms with van der Waals surface area (Å²) in [5, 5.41) is 2.75. The normalized spacial score (nSPS) is 8.38. The summed E-state index contributed by atoms with van der Waals surface area (Å²) >= 11 is 0. The van der Waals surface area contributed by atoms with Gasteiger partial charge in [0.1, 0.15) is 46.5 Å². The molecule has 0 aliphatic rings. The van der Waals surface area contributed by atoms with E-state index in [0.29, 0.717) is 12.0 Å². The van der Waals surface area contributed by atoms with E-state index in [1.165, 1.54) is 0 Å². The molecule has 0 heterocycles. The number of hydrogen-bond acceptors (Lipinski definition) is 6. The third-order valence-electron chi connectivity index (χ3n) is 1.25. The average molecular weight is 377 g/mol. The number of aldehydes is 3. The molecule has 26 heavy (non-hydrogen) atoms. The summed E-state index contributed by atoms with van der Waals surface area (Å²) in [5.41, 5.74) is 0.574. The molecule has 0 aromatic carbocycles. The molecule has 0 radical (unpaired) electrons. The van der Waals surface area contributed by atoms with Gasteiger partial charge >= 0.3 is 0 Å². The highest BCUT2D eigenvalue weighted by atomic mass is 16.1. The van der Waals surface area contributed by atoms with E-state index < -0.39 is 0 Å². The molecule has 1 N–H and O–H groups in total. The van der Waals surface area contributed by atoms with E-state index in [2.05, 4.69) is 18.6 Å². The zero-order chi connectivity index (χ0) is 22.6. The Bertz CT molecular complexity index is 316. The highest BCUT2D eigenvalue weighted by Gasteiger charge is 1.98. The van der Waals surface area contributed by atoms with Gasteiger partial charge in [-0.2, -0.15) is 0 Å². The monoisotopic (exact) mass is 376 g/mol. The molecule has 0 aromatic rings. The average Bonchev–Trinajstić information content (AvgIpc) is 2.57. The first kappa shape index (κ1) is 39.2. The summed E-state index contributed by atoms with van der Waals surface area (Å²) in [4.78, 5) is 38.6. The maximum Gasteiger partial charge on any atom is 0.145 e. The minimum Gasteiger partial charge on any atom is -0.323 e. The van der Waals surface area contributed by atoms with Crippen molar-refractivity contribution in [1.29, 1.82) is 0 Å². The maximum absolute atomic E-state index is 10.0. The molecular formula is C19H42N3O4+. The standard InChI is InChI=1S/C6H13NO.C4H6O.C3H8N.C3H6O.C2H7N.CH2O/c1-6(5-8)4-7(2)3;1-4(2)3-5;1-4(2)3;1-2-3-4;1-3-2;1-2/h5-6H,4H2,1-3H3;3H,1H2,2H3;1H2,2-3H3;3H,2H2,1H3;3H,1-2H3;1H2/q;;+1;;;. The number of allylic oxidation sites excluding steroid dienone is 1. The number of nitrogens with one attached hydrogen (secondary N) is 1. The molecule has 0 rings (SSSR count). The van der Waals surface area contributed by atoms with Crippen molar-refractivity contribution in [3.05, 3.63) is 12.2 Å². The van der Waals surface area contributed by atoms with E-state index in [0.717, 1.165) is 25.4 Å². The van der Waals surface area contributed by atoms with Crippen molar-refractivity contribution in [2.24, 2.45) is 5.92 Å². The van der Waals surface area contributed by atoms with Gasteiger partial charge in [0.25, 0.3) is 0 Å². The SMILES string of the molecule is C=C(C)C=O.C=O.C=[N+](C)C.CC(C=O)CN(C)C.CCC=O.CNC. The highest BCUT2D eigenvalue weighted by molar-refractivity contribution is 5.70. The van der Waals surface area contributed by atoms with Crippen molar-refractivity contribution in [2.45, 2.75) is 27.2 Å². The molecule has 0 spiro atoms. The van der Waals surface area contributed by atoms with Gasteiger partial charge in [-0.15, -0.1) is 0 Å². The molecule has 0 bridgehead atoms. The lowest BCUT2D eigenvalue weighted by Crippen LogP contribution is -2.20. The van der Waals surface area contributed by atoms with E-state index in [4.69, 9.17) is 4.79 Å². The number of carbonyl (C=O) groups is 4. The molecule has 156 valence electrons. The van der Waals surface area contributed by atoms with Gasteiger partial charge in [-0.25, -0.2) is 4.58 Å². The predicted molar refractivity (Wildman–Crippen MR) is 112 cm³/mol. The zero-order valence-electron chi connectivity index (χ0n) is 18.4. The topological polar surface area (TPSA) is 86.6 Å². The quantitative estimate of drug-likeness (QED) is 0.337.